The predicted molar refractivity (Wildman–Crippen MR) is 109 cm³/mol. The number of aliphatic imine (C=N–C) groups is 1. The summed E-state index contributed by atoms with van der Waals surface area (Å²) in [6, 6.07) is 10.3. The molecule has 0 unspecified atom stereocenters. The Morgan fingerprint density at radius 1 is 1.21 bits per heavy atom. The summed E-state index contributed by atoms with van der Waals surface area (Å²) in [5, 5.41) is 10.5. The predicted octanol–water partition coefficient (Wildman–Crippen LogP) is 2.14. The van der Waals surface area contributed by atoms with E-state index in [1.54, 1.807) is 13.3 Å². The molecule has 0 atom stereocenters. The number of H-pyrrole nitrogens is 1. The van der Waals surface area contributed by atoms with Gasteiger partial charge in [-0.05, 0) is 36.4 Å². The molecule has 0 aliphatic carbocycles. The van der Waals surface area contributed by atoms with Crippen LogP contribution in [-0.4, -0.2) is 65.8 Å². The van der Waals surface area contributed by atoms with Crippen LogP contribution in [0.4, 0.5) is 10.1 Å². The lowest BCUT2D eigenvalue weighted by Gasteiger charge is -2.37. The molecular formula is C20H24FN7O. The Kier molecular flexibility index (Phi) is 5.73. The number of anilines is 1. The van der Waals surface area contributed by atoms with Crippen LogP contribution in [0.3, 0.4) is 0 Å². The summed E-state index contributed by atoms with van der Waals surface area (Å²) in [5.41, 5.74) is 1.05. The molecule has 0 saturated carbocycles. The number of guanidine groups is 1. The monoisotopic (exact) mass is 397 g/mol. The summed E-state index contributed by atoms with van der Waals surface area (Å²) in [6.45, 7) is 4.11. The SMILES string of the molecule is CN=C(NCCc1nc(-c2ccco2)n[nH]1)N1CCN(c2ccc(F)cc2)CC1. The van der Waals surface area contributed by atoms with Gasteiger partial charge >= 0.3 is 0 Å². The van der Waals surface area contributed by atoms with Gasteiger partial charge in [-0.3, -0.25) is 10.1 Å². The number of furan rings is 1. The highest BCUT2D eigenvalue weighted by Crippen LogP contribution is 2.17. The Bertz CT molecular complexity index is 928. The molecule has 0 bridgehead atoms. The number of piperazine rings is 1. The third kappa shape index (κ3) is 4.56. The molecule has 4 rings (SSSR count). The third-order valence-corrected chi connectivity index (χ3v) is 4.90. The molecule has 1 saturated heterocycles. The summed E-state index contributed by atoms with van der Waals surface area (Å²) < 4.78 is 18.4. The van der Waals surface area contributed by atoms with E-state index in [1.807, 2.05) is 24.3 Å². The van der Waals surface area contributed by atoms with Crippen LogP contribution in [-0.2, 0) is 6.42 Å². The second-order valence-electron chi connectivity index (χ2n) is 6.76. The van der Waals surface area contributed by atoms with Crippen LogP contribution in [0.2, 0.25) is 0 Å². The van der Waals surface area contributed by atoms with Crippen molar-refractivity contribution in [3.8, 4) is 11.6 Å². The number of aromatic nitrogens is 3. The van der Waals surface area contributed by atoms with E-state index in [-0.39, 0.29) is 5.82 Å². The van der Waals surface area contributed by atoms with Gasteiger partial charge in [0, 0.05) is 51.9 Å². The van der Waals surface area contributed by atoms with Gasteiger partial charge in [-0.2, -0.15) is 5.10 Å². The number of benzene rings is 1. The van der Waals surface area contributed by atoms with Crippen molar-refractivity contribution in [2.45, 2.75) is 6.42 Å². The molecular weight excluding hydrogens is 373 g/mol. The fourth-order valence-electron chi connectivity index (χ4n) is 3.38. The van der Waals surface area contributed by atoms with Crippen LogP contribution >= 0.6 is 0 Å². The van der Waals surface area contributed by atoms with Crippen molar-refractivity contribution >= 4 is 11.6 Å². The number of hydrogen-bond donors (Lipinski definition) is 2. The molecule has 3 heterocycles. The lowest BCUT2D eigenvalue weighted by Crippen LogP contribution is -2.52. The van der Waals surface area contributed by atoms with E-state index in [9.17, 15) is 4.39 Å². The van der Waals surface area contributed by atoms with Gasteiger partial charge in [0.2, 0.25) is 5.82 Å². The van der Waals surface area contributed by atoms with Gasteiger partial charge in [0.25, 0.3) is 0 Å². The van der Waals surface area contributed by atoms with E-state index >= 15 is 0 Å². The standard InChI is InChI=1S/C20H24FN7O/c1-22-20(23-9-8-18-24-19(26-25-18)17-3-2-14-29-17)28-12-10-27(11-13-28)16-6-4-15(21)5-7-16/h2-7,14H,8-13H2,1H3,(H,22,23)(H,24,25,26). The minimum absolute atomic E-state index is 0.208. The van der Waals surface area contributed by atoms with Crippen molar-refractivity contribution in [2.24, 2.45) is 4.99 Å². The highest BCUT2D eigenvalue weighted by molar-refractivity contribution is 5.80. The van der Waals surface area contributed by atoms with Crippen LogP contribution < -0.4 is 10.2 Å². The van der Waals surface area contributed by atoms with Gasteiger partial charge in [-0.1, -0.05) is 0 Å². The van der Waals surface area contributed by atoms with Crippen LogP contribution in [0.25, 0.3) is 11.6 Å². The van der Waals surface area contributed by atoms with Crippen molar-refractivity contribution in [2.75, 3.05) is 44.7 Å². The van der Waals surface area contributed by atoms with Crippen LogP contribution in [0.1, 0.15) is 5.82 Å². The van der Waals surface area contributed by atoms with E-state index in [0.717, 1.165) is 43.7 Å². The second kappa shape index (κ2) is 8.76. The number of nitrogens with one attached hydrogen (secondary N) is 2. The van der Waals surface area contributed by atoms with Gasteiger partial charge in [0.1, 0.15) is 11.6 Å². The molecule has 9 heteroatoms. The Labute approximate surface area is 168 Å². The largest absolute Gasteiger partial charge is 0.461 e. The highest BCUT2D eigenvalue weighted by Gasteiger charge is 2.20. The molecule has 29 heavy (non-hydrogen) atoms. The number of nitrogens with zero attached hydrogens (tertiary/aromatic N) is 5. The molecule has 0 spiro atoms. The Morgan fingerprint density at radius 2 is 2.00 bits per heavy atom. The maximum atomic E-state index is 13.1. The maximum absolute atomic E-state index is 13.1. The molecule has 152 valence electrons. The van der Waals surface area contributed by atoms with Gasteiger partial charge < -0.3 is 19.5 Å². The normalized spacial score (nSPS) is 15.0. The maximum Gasteiger partial charge on any atom is 0.216 e. The quantitative estimate of drug-likeness (QED) is 0.507. The van der Waals surface area contributed by atoms with Crippen molar-refractivity contribution < 1.29 is 8.81 Å². The summed E-state index contributed by atoms with van der Waals surface area (Å²) in [4.78, 5) is 13.3. The fraction of sp³-hybridized carbons (Fsp3) is 0.350. The second-order valence-corrected chi connectivity index (χ2v) is 6.76. The van der Waals surface area contributed by atoms with Gasteiger partial charge in [0.05, 0.1) is 6.26 Å². The Hall–Kier alpha value is -3.36. The first-order valence-electron chi connectivity index (χ1n) is 9.64. The van der Waals surface area contributed by atoms with Crippen molar-refractivity contribution in [3.05, 3.63) is 54.3 Å². The third-order valence-electron chi connectivity index (χ3n) is 4.90. The van der Waals surface area contributed by atoms with E-state index in [0.29, 0.717) is 24.6 Å². The van der Waals surface area contributed by atoms with E-state index in [2.05, 4.69) is 35.3 Å². The zero-order valence-corrected chi connectivity index (χ0v) is 16.3. The van der Waals surface area contributed by atoms with Gasteiger partial charge in [0.15, 0.2) is 11.7 Å². The summed E-state index contributed by atoms with van der Waals surface area (Å²) in [5.74, 6) is 2.66. The molecule has 2 aromatic heterocycles. The summed E-state index contributed by atoms with van der Waals surface area (Å²) in [6.07, 6.45) is 2.30. The minimum Gasteiger partial charge on any atom is -0.461 e. The zero-order valence-electron chi connectivity index (χ0n) is 16.3. The lowest BCUT2D eigenvalue weighted by molar-refractivity contribution is 0.373. The summed E-state index contributed by atoms with van der Waals surface area (Å²) >= 11 is 0. The molecule has 8 nitrogen and oxygen atoms in total. The van der Waals surface area contributed by atoms with Gasteiger partial charge in [-0.25, -0.2) is 9.37 Å². The van der Waals surface area contributed by atoms with Crippen molar-refractivity contribution in [1.29, 1.82) is 0 Å². The molecule has 1 fully saturated rings. The minimum atomic E-state index is -0.208. The first-order chi connectivity index (χ1) is 14.2. The van der Waals surface area contributed by atoms with Crippen molar-refractivity contribution in [1.82, 2.24) is 25.4 Å². The first kappa shape index (κ1) is 19.0. The average Bonchev–Trinajstić information content (AvgIpc) is 3.44. The first-order valence-corrected chi connectivity index (χ1v) is 9.64. The topological polar surface area (TPSA) is 85.6 Å². The molecule has 0 amide bonds. The Balaban J connectivity index is 1.25. The number of rotatable bonds is 5. The van der Waals surface area contributed by atoms with E-state index < -0.39 is 0 Å². The Morgan fingerprint density at radius 3 is 2.69 bits per heavy atom. The number of hydrogen-bond acceptors (Lipinski definition) is 5. The van der Waals surface area contributed by atoms with Crippen molar-refractivity contribution in [3.63, 3.8) is 0 Å². The average molecular weight is 397 g/mol. The summed E-state index contributed by atoms with van der Waals surface area (Å²) in [7, 11) is 1.79. The molecule has 1 aromatic carbocycles. The number of aromatic amines is 1. The number of halogens is 1. The molecule has 1 aliphatic rings. The van der Waals surface area contributed by atoms with Crippen LogP contribution in [0.15, 0.2) is 52.1 Å². The highest BCUT2D eigenvalue weighted by atomic mass is 19.1. The lowest BCUT2D eigenvalue weighted by atomic mass is 10.2. The molecule has 1 aliphatic heterocycles. The van der Waals surface area contributed by atoms with Gasteiger partial charge in [-0.15, -0.1) is 0 Å². The molecule has 0 radical (unpaired) electrons. The molecule has 2 N–H and O–H groups in total. The zero-order chi connectivity index (χ0) is 20.1. The van der Waals surface area contributed by atoms with E-state index in [1.165, 1.54) is 12.1 Å². The van der Waals surface area contributed by atoms with Crippen LogP contribution in [0.5, 0.6) is 0 Å². The van der Waals surface area contributed by atoms with E-state index in [4.69, 9.17) is 4.42 Å². The van der Waals surface area contributed by atoms with Crippen LogP contribution in [0, 0.1) is 5.82 Å². The molecule has 3 aromatic rings. The fourth-order valence-corrected chi connectivity index (χ4v) is 3.38. The smallest absolute Gasteiger partial charge is 0.216 e.